The molecule has 6 rings (SSSR count). The SMILES string of the molecule is CCCCCCCCc1ccccc1Oc1ccc2cccc3c4cccc5cccc(c1c23)c54. The van der Waals surface area contributed by atoms with Crippen LogP contribution >= 0.6 is 0 Å². The Hall–Kier alpha value is -3.58. The van der Waals surface area contributed by atoms with E-state index in [4.69, 9.17) is 4.74 Å². The van der Waals surface area contributed by atoms with Crippen LogP contribution in [0.4, 0.5) is 0 Å². The Morgan fingerprint density at radius 2 is 1.14 bits per heavy atom. The molecular weight excluding hydrogens is 424 g/mol. The molecular formula is C34H32O. The van der Waals surface area contributed by atoms with E-state index in [0.29, 0.717) is 0 Å². The van der Waals surface area contributed by atoms with Crippen LogP contribution in [-0.2, 0) is 6.42 Å². The van der Waals surface area contributed by atoms with Crippen LogP contribution in [0.25, 0.3) is 43.1 Å². The number of para-hydroxylation sites is 1. The molecule has 0 aliphatic rings. The molecule has 174 valence electrons. The smallest absolute Gasteiger partial charge is 0.135 e. The lowest BCUT2D eigenvalue weighted by molar-refractivity contribution is 0.480. The zero-order valence-corrected chi connectivity index (χ0v) is 20.5. The summed E-state index contributed by atoms with van der Waals surface area (Å²) in [4.78, 5) is 0. The average molecular weight is 457 g/mol. The Labute approximate surface area is 207 Å². The molecule has 35 heavy (non-hydrogen) atoms. The van der Waals surface area contributed by atoms with E-state index in [1.54, 1.807) is 0 Å². The average Bonchev–Trinajstić information content (AvgIpc) is 2.90. The lowest BCUT2D eigenvalue weighted by Crippen LogP contribution is -1.95. The maximum atomic E-state index is 6.77. The van der Waals surface area contributed by atoms with Crippen molar-refractivity contribution in [2.24, 2.45) is 0 Å². The Bertz CT molecular complexity index is 1610. The van der Waals surface area contributed by atoms with Crippen LogP contribution in [0.1, 0.15) is 51.0 Å². The fourth-order valence-corrected chi connectivity index (χ4v) is 5.73. The normalized spacial score (nSPS) is 11.8. The molecule has 0 bridgehead atoms. The summed E-state index contributed by atoms with van der Waals surface area (Å²) in [5.41, 5.74) is 1.30. The van der Waals surface area contributed by atoms with Gasteiger partial charge in [0.05, 0.1) is 0 Å². The van der Waals surface area contributed by atoms with Crippen molar-refractivity contribution in [2.75, 3.05) is 0 Å². The summed E-state index contributed by atoms with van der Waals surface area (Å²) in [5.74, 6) is 1.93. The van der Waals surface area contributed by atoms with E-state index in [0.717, 1.165) is 17.9 Å². The van der Waals surface area contributed by atoms with Gasteiger partial charge in [0.2, 0.25) is 0 Å². The number of fused-ring (bicyclic) bond motifs is 2. The standard InChI is InChI=1S/C34H32O/c1-2-3-4-5-6-7-13-24-14-8-9-21-30(24)35-31-23-22-26-17-11-19-28-27-18-10-15-25-16-12-20-29(32(25)27)34(31)33(26)28/h8-12,14-23H,2-7,13H2,1H3. The fourth-order valence-electron chi connectivity index (χ4n) is 5.73. The van der Waals surface area contributed by atoms with Crippen molar-refractivity contribution < 1.29 is 4.74 Å². The van der Waals surface area contributed by atoms with Gasteiger partial charge in [0, 0.05) is 10.8 Å². The van der Waals surface area contributed by atoms with E-state index in [1.807, 2.05) is 0 Å². The molecule has 0 amide bonds. The third kappa shape index (κ3) is 4.00. The minimum Gasteiger partial charge on any atom is -0.456 e. The molecule has 0 saturated carbocycles. The Morgan fingerprint density at radius 3 is 1.94 bits per heavy atom. The summed E-state index contributed by atoms with van der Waals surface area (Å²) in [6.07, 6.45) is 8.90. The van der Waals surface area contributed by atoms with Crippen molar-refractivity contribution in [3.8, 4) is 11.5 Å². The molecule has 6 aromatic carbocycles. The van der Waals surface area contributed by atoms with Crippen molar-refractivity contribution in [1.29, 1.82) is 0 Å². The van der Waals surface area contributed by atoms with Crippen LogP contribution in [0.3, 0.4) is 0 Å². The molecule has 0 aliphatic heterocycles. The van der Waals surface area contributed by atoms with Crippen molar-refractivity contribution in [1.82, 2.24) is 0 Å². The summed E-state index contributed by atoms with van der Waals surface area (Å²) < 4.78 is 6.77. The maximum absolute atomic E-state index is 6.77. The molecule has 0 spiro atoms. The molecule has 0 aromatic heterocycles. The van der Waals surface area contributed by atoms with Crippen molar-refractivity contribution in [3.63, 3.8) is 0 Å². The fraction of sp³-hybridized carbons (Fsp3) is 0.235. The Morgan fingerprint density at radius 1 is 0.486 bits per heavy atom. The second-order valence-electron chi connectivity index (χ2n) is 9.78. The molecule has 6 aromatic rings. The second-order valence-corrected chi connectivity index (χ2v) is 9.78. The number of unbranched alkanes of at least 4 members (excludes halogenated alkanes) is 5. The zero-order valence-electron chi connectivity index (χ0n) is 20.5. The predicted molar refractivity (Wildman–Crippen MR) is 151 cm³/mol. The van der Waals surface area contributed by atoms with Gasteiger partial charge in [0.15, 0.2) is 0 Å². The van der Waals surface area contributed by atoms with Gasteiger partial charge in [-0.05, 0) is 62.9 Å². The van der Waals surface area contributed by atoms with E-state index >= 15 is 0 Å². The van der Waals surface area contributed by atoms with Crippen molar-refractivity contribution >= 4 is 43.1 Å². The molecule has 1 heteroatoms. The lowest BCUT2D eigenvalue weighted by Gasteiger charge is -2.18. The van der Waals surface area contributed by atoms with Crippen LogP contribution in [0.15, 0.2) is 91.0 Å². The highest BCUT2D eigenvalue weighted by Gasteiger charge is 2.17. The van der Waals surface area contributed by atoms with E-state index in [-0.39, 0.29) is 0 Å². The zero-order chi connectivity index (χ0) is 23.6. The van der Waals surface area contributed by atoms with E-state index < -0.39 is 0 Å². The molecule has 0 unspecified atom stereocenters. The monoisotopic (exact) mass is 456 g/mol. The van der Waals surface area contributed by atoms with Crippen LogP contribution in [-0.4, -0.2) is 0 Å². The van der Waals surface area contributed by atoms with Gasteiger partial charge in [0.25, 0.3) is 0 Å². The minimum atomic E-state index is 0.947. The van der Waals surface area contributed by atoms with E-state index in [9.17, 15) is 0 Å². The van der Waals surface area contributed by atoms with Crippen LogP contribution in [0.2, 0.25) is 0 Å². The molecule has 0 N–H and O–H groups in total. The summed E-state index contributed by atoms with van der Waals surface area (Å²) in [6, 6.07) is 32.9. The third-order valence-corrected chi connectivity index (χ3v) is 7.46. The van der Waals surface area contributed by atoms with Crippen LogP contribution < -0.4 is 4.74 Å². The van der Waals surface area contributed by atoms with Gasteiger partial charge in [-0.2, -0.15) is 0 Å². The van der Waals surface area contributed by atoms with Crippen molar-refractivity contribution in [3.05, 3.63) is 96.6 Å². The Kier molecular flexibility index (Phi) is 6.00. The van der Waals surface area contributed by atoms with Gasteiger partial charge in [0.1, 0.15) is 11.5 Å². The molecule has 0 atom stereocenters. The first-order valence-electron chi connectivity index (χ1n) is 13.2. The van der Waals surface area contributed by atoms with Gasteiger partial charge in [-0.25, -0.2) is 0 Å². The molecule has 0 heterocycles. The molecule has 0 aliphatic carbocycles. The highest BCUT2D eigenvalue weighted by atomic mass is 16.5. The number of hydrogen-bond donors (Lipinski definition) is 0. The van der Waals surface area contributed by atoms with Gasteiger partial charge in [-0.3, -0.25) is 0 Å². The van der Waals surface area contributed by atoms with Gasteiger partial charge >= 0.3 is 0 Å². The predicted octanol–water partition coefficient (Wildman–Crippen LogP) is 10.4. The molecule has 1 nitrogen and oxygen atoms in total. The maximum Gasteiger partial charge on any atom is 0.135 e. The largest absolute Gasteiger partial charge is 0.456 e. The number of hydrogen-bond acceptors (Lipinski definition) is 1. The summed E-state index contributed by atoms with van der Waals surface area (Å²) >= 11 is 0. The lowest BCUT2D eigenvalue weighted by atomic mass is 9.89. The van der Waals surface area contributed by atoms with E-state index in [2.05, 4.69) is 97.9 Å². The van der Waals surface area contributed by atoms with Gasteiger partial charge in [-0.1, -0.05) is 118 Å². The first-order valence-corrected chi connectivity index (χ1v) is 13.2. The molecule has 0 radical (unpaired) electrons. The highest BCUT2D eigenvalue weighted by molar-refractivity contribution is 6.34. The number of aryl methyl sites for hydroxylation is 1. The summed E-state index contributed by atoms with van der Waals surface area (Å²) in [6.45, 7) is 2.27. The third-order valence-electron chi connectivity index (χ3n) is 7.46. The number of benzene rings is 6. The van der Waals surface area contributed by atoms with E-state index in [1.165, 1.54) is 87.2 Å². The molecule has 0 saturated heterocycles. The first kappa shape index (κ1) is 21.9. The first-order chi connectivity index (χ1) is 17.3. The quantitative estimate of drug-likeness (QED) is 0.119. The van der Waals surface area contributed by atoms with Crippen molar-refractivity contribution in [2.45, 2.75) is 51.9 Å². The summed E-state index contributed by atoms with van der Waals surface area (Å²) in [5, 5.41) is 10.3. The number of rotatable bonds is 9. The van der Waals surface area contributed by atoms with Gasteiger partial charge in [-0.15, -0.1) is 0 Å². The topological polar surface area (TPSA) is 9.23 Å². The Balaban J connectivity index is 1.44. The van der Waals surface area contributed by atoms with Gasteiger partial charge < -0.3 is 4.74 Å². The summed E-state index contributed by atoms with van der Waals surface area (Å²) in [7, 11) is 0. The minimum absolute atomic E-state index is 0.947. The number of ether oxygens (including phenoxy) is 1. The molecule has 0 fully saturated rings. The van der Waals surface area contributed by atoms with Crippen LogP contribution in [0.5, 0.6) is 11.5 Å². The van der Waals surface area contributed by atoms with Crippen LogP contribution in [0, 0.1) is 0 Å². The highest BCUT2D eigenvalue weighted by Crippen LogP contribution is 2.45. The second kappa shape index (κ2) is 9.58.